The van der Waals surface area contributed by atoms with Crippen molar-refractivity contribution >= 4 is 33.2 Å². The van der Waals surface area contributed by atoms with E-state index in [1.807, 2.05) is 0 Å². The minimum atomic E-state index is -0.500. The van der Waals surface area contributed by atoms with Crippen LogP contribution in [0.5, 0.6) is 0 Å². The summed E-state index contributed by atoms with van der Waals surface area (Å²) in [6.45, 7) is 2.28. The molecule has 2 aliphatic heterocycles. The van der Waals surface area contributed by atoms with E-state index in [0.29, 0.717) is 0 Å². The minimum Gasteiger partial charge on any atom is -0.309 e. The van der Waals surface area contributed by atoms with Crippen molar-refractivity contribution in [3.05, 3.63) is 143 Å². The number of rotatable bonds is 2. The number of aromatic nitrogens is 1. The van der Waals surface area contributed by atoms with E-state index in [1.54, 1.807) is 0 Å². The third-order valence-electron chi connectivity index (χ3n) is 7.98. The van der Waals surface area contributed by atoms with Crippen molar-refractivity contribution < 1.29 is 0 Å². The average Bonchev–Trinajstić information content (AvgIpc) is 3.43. The van der Waals surface area contributed by atoms with Gasteiger partial charge in [-0.15, -0.1) is 0 Å². The molecule has 2 aliphatic rings. The maximum absolute atomic E-state index is 5.42. The molecule has 0 N–H and O–H groups in total. The molecule has 0 saturated heterocycles. The van der Waals surface area contributed by atoms with E-state index in [2.05, 4.69) is 127 Å². The fourth-order valence-electron chi connectivity index (χ4n) is 6.62. The lowest BCUT2D eigenvalue weighted by molar-refractivity contribution is 0.853. The molecular weight excluding hydrogens is 424 g/mol. The van der Waals surface area contributed by atoms with E-state index < -0.39 is 5.41 Å². The Hall–Kier alpha value is -4.43. The van der Waals surface area contributed by atoms with E-state index >= 15 is 0 Å². The van der Waals surface area contributed by atoms with Crippen LogP contribution in [-0.2, 0) is 5.41 Å². The van der Waals surface area contributed by atoms with Crippen molar-refractivity contribution in [1.82, 2.24) is 4.57 Å². The van der Waals surface area contributed by atoms with Crippen LogP contribution in [0.3, 0.4) is 0 Å². The van der Waals surface area contributed by atoms with Crippen LogP contribution in [0.4, 0.5) is 5.69 Å². The Morgan fingerprint density at radius 3 is 2.23 bits per heavy atom. The molecular formula is C33H22N2. The number of fused-ring (bicyclic) bond motifs is 7. The number of para-hydroxylation sites is 1. The summed E-state index contributed by atoms with van der Waals surface area (Å²) in [4.78, 5) is 5.42. The first-order chi connectivity index (χ1) is 17.3. The van der Waals surface area contributed by atoms with E-state index in [4.69, 9.17) is 4.99 Å². The predicted molar refractivity (Wildman–Crippen MR) is 144 cm³/mol. The number of aliphatic imine (C=N–C) groups is 1. The molecule has 0 saturated carbocycles. The Labute approximate surface area is 203 Å². The van der Waals surface area contributed by atoms with Crippen molar-refractivity contribution in [3.63, 3.8) is 0 Å². The minimum absolute atomic E-state index is 0.500. The summed E-state index contributed by atoms with van der Waals surface area (Å²) in [6.07, 6.45) is 0. The van der Waals surface area contributed by atoms with Crippen LogP contribution in [0.2, 0.25) is 0 Å². The smallest absolute Gasteiger partial charge is 0.0925 e. The first-order valence-electron chi connectivity index (χ1n) is 12.2. The van der Waals surface area contributed by atoms with Gasteiger partial charge in [0.05, 0.1) is 27.8 Å². The SMILES string of the molecule is Cc1c2cccc1C1(c3ccccc3)C(c3ccccc3)=Nc3ccc4c5ccccc5n-2c4c31. The summed E-state index contributed by atoms with van der Waals surface area (Å²) >= 11 is 0. The molecule has 5 aromatic carbocycles. The molecule has 0 aliphatic carbocycles. The van der Waals surface area contributed by atoms with Crippen LogP contribution in [0.25, 0.3) is 27.5 Å². The van der Waals surface area contributed by atoms with Gasteiger partial charge in [0.2, 0.25) is 0 Å². The molecule has 0 spiro atoms. The lowest BCUT2D eigenvalue weighted by Gasteiger charge is -2.34. The molecule has 0 radical (unpaired) electrons. The highest BCUT2D eigenvalue weighted by molar-refractivity contribution is 6.23. The Morgan fingerprint density at radius 2 is 1.40 bits per heavy atom. The Morgan fingerprint density at radius 1 is 0.657 bits per heavy atom. The second-order valence-corrected chi connectivity index (χ2v) is 9.60. The molecule has 3 heterocycles. The molecule has 1 atom stereocenters. The molecule has 6 aromatic rings. The molecule has 0 amide bonds. The van der Waals surface area contributed by atoms with E-state index in [-0.39, 0.29) is 0 Å². The molecule has 1 unspecified atom stereocenters. The van der Waals surface area contributed by atoms with Crippen molar-refractivity contribution in [2.75, 3.05) is 0 Å². The Kier molecular flexibility index (Phi) is 3.56. The summed E-state index contributed by atoms with van der Waals surface area (Å²) in [5, 5.41) is 2.57. The third-order valence-corrected chi connectivity index (χ3v) is 7.98. The lowest BCUT2D eigenvalue weighted by Crippen LogP contribution is -2.37. The van der Waals surface area contributed by atoms with Crippen molar-refractivity contribution in [2.45, 2.75) is 12.3 Å². The standard InChI is InChI=1S/C33H22N2/c1-21-26-16-10-18-28(21)35-29-17-9-8-15-24(29)25-19-20-27-30(31(25)35)33(26,23-13-6-3-7-14-23)32(34-27)22-11-4-2-5-12-22/h2-20H,1H3. The van der Waals surface area contributed by atoms with Gasteiger partial charge in [-0.3, -0.25) is 4.99 Å². The summed E-state index contributed by atoms with van der Waals surface area (Å²) in [5.41, 5.74) is 11.7. The fourth-order valence-corrected chi connectivity index (χ4v) is 6.62. The monoisotopic (exact) mass is 446 g/mol. The average molecular weight is 447 g/mol. The van der Waals surface area contributed by atoms with Gasteiger partial charge in [-0.25, -0.2) is 0 Å². The number of nitrogens with zero attached hydrogens (tertiary/aromatic N) is 2. The van der Waals surface area contributed by atoms with Gasteiger partial charge in [0.25, 0.3) is 0 Å². The second kappa shape index (κ2) is 6.58. The van der Waals surface area contributed by atoms with Gasteiger partial charge < -0.3 is 4.57 Å². The maximum Gasteiger partial charge on any atom is 0.0925 e. The van der Waals surface area contributed by atoms with Gasteiger partial charge in [0.1, 0.15) is 0 Å². The van der Waals surface area contributed by atoms with Crippen LogP contribution in [0, 0.1) is 6.92 Å². The summed E-state index contributed by atoms with van der Waals surface area (Å²) in [5.74, 6) is 0. The van der Waals surface area contributed by atoms with E-state index in [0.717, 1.165) is 17.0 Å². The van der Waals surface area contributed by atoms with Gasteiger partial charge in [0.15, 0.2) is 0 Å². The molecule has 2 heteroatoms. The molecule has 35 heavy (non-hydrogen) atoms. The third kappa shape index (κ3) is 2.18. The molecule has 0 fully saturated rings. The van der Waals surface area contributed by atoms with Gasteiger partial charge in [0, 0.05) is 22.0 Å². The fraction of sp³-hybridized carbons (Fsp3) is 0.0606. The maximum atomic E-state index is 5.42. The molecule has 8 rings (SSSR count). The number of hydrogen-bond acceptors (Lipinski definition) is 1. The first kappa shape index (κ1) is 18.9. The molecule has 164 valence electrons. The van der Waals surface area contributed by atoms with Crippen LogP contribution in [0.15, 0.2) is 120 Å². The Bertz CT molecular complexity index is 1840. The zero-order valence-electron chi connectivity index (χ0n) is 19.4. The zero-order chi connectivity index (χ0) is 23.1. The summed E-state index contributed by atoms with van der Waals surface area (Å²) in [7, 11) is 0. The van der Waals surface area contributed by atoms with Crippen molar-refractivity contribution in [3.8, 4) is 5.69 Å². The molecule has 1 aromatic heterocycles. The van der Waals surface area contributed by atoms with Crippen molar-refractivity contribution in [2.24, 2.45) is 4.99 Å². The van der Waals surface area contributed by atoms with Crippen LogP contribution < -0.4 is 0 Å². The predicted octanol–water partition coefficient (Wildman–Crippen LogP) is 7.87. The highest BCUT2D eigenvalue weighted by Crippen LogP contribution is 2.57. The number of hydrogen-bond donors (Lipinski definition) is 0. The van der Waals surface area contributed by atoms with Crippen LogP contribution >= 0.6 is 0 Å². The number of benzene rings is 5. The largest absolute Gasteiger partial charge is 0.309 e. The quantitative estimate of drug-likeness (QED) is 0.257. The Balaban J connectivity index is 1.68. The van der Waals surface area contributed by atoms with E-state index in [9.17, 15) is 0 Å². The summed E-state index contributed by atoms with van der Waals surface area (Å²) < 4.78 is 2.48. The van der Waals surface area contributed by atoms with Crippen LogP contribution in [0.1, 0.15) is 27.8 Å². The normalized spacial score (nSPS) is 17.6. The summed E-state index contributed by atoms with van der Waals surface area (Å²) in [6, 6.07) is 41.8. The first-order valence-corrected chi connectivity index (χ1v) is 12.2. The van der Waals surface area contributed by atoms with Gasteiger partial charge in [-0.1, -0.05) is 97.1 Å². The second-order valence-electron chi connectivity index (χ2n) is 9.60. The van der Waals surface area contributed by atoms with Gasteiger partial charge in [-0.05, 0) is 47.4 Å². The van der Waals surface area contributed by atoms with Gasteiger partial charge in [-0.2, -0.15) is 0 Å². The van der Waals surface area contributed by atoms with E-state index in [1.165, 1.54) is 49.7 Å². The van der Waals surface area contributed by atoms with Crippen molar-refractivity contribution in [1.29, 1.82) is 0 Å². The molecule has 2 bridgehead atoms. The lowest BCUT2D eigenvalue weighted by atomic mass is 9.64. The van der Waals surface area contributed by atoms with Gasteiger partial charge >= 0.3 is 0 Å². The highest BCUT2D eigenvalue weighted by atomic mass is 15.0. The zero-order valence-corrected chi connectivity index (χ0v) is 19.4. The molecule has 2 nitrogen and oxygen atoms in total. The van der Waals surface area contributed by atoms with Crippen LogP contribution in [-0.4, -0.2) is 10.3 Å². The highest BCUT2D eigenvalue weighted by Gasteiger charge is 2.51. The topological polar surface area (TPSA) is 17.3 Å².